The van der Waals surface area contributed by atoms with Gasteiger partial charge in [0.15, 0.2) is 0 Å². The molecule has 0 aliphatic carbocycles. The van der Waals surface area contributed by atoms with Gasteiger partial charge in [-0.05, 0) is 24.8 Å². The summed E-state index contributed by atoms with van der Waals surface area (Å²) in [6.45, 7) is 13.5. The monoisotopic (exact) mass is 215 g/mol. The second-order valence-corrected chi connectivity index (χ2v) is 5.35. The van der Waals surface area contributed by atoms with Crippen LogP contribution in [0.15, 0.2) is 0 Å². The average molecular weight is 215 g/mol. The molecule has 3 nitrogen and oxygen atoms in total. The van der Waals surface area contributed by atoms with Crippen LogP contribution in [-0.4, -0.2) is 25.2 Å². The predicted octanol–water partition coefficient (Wildman–Crippen LogP) is 2.21. The summed E-state index contributed by atoms with van der Waals surface area (Å²) in [6.07, 6.45) is 0. The van der Waals surface area contributed by atoms with E-state index >= 15 is 0 Å². The Balaban J connectivity index is 4.38. The highest BCUT2D eigenvalue weighted by molar-refractivity contribution is 5.76. The lowest BCUT2D eigenvalue weighted by molar-refractivity contribution is -0.148. The zero-order valence-corrected chi connectivity index (χ0v) is 10.9. The van der Waals surface area contributed by atoms with Crippen LogP contribution in [0.25, 0.3) is 0 Å². The summed E-state index contributed by atoms with van der Waals surface area (Å²) in [4.78, 5) is 11.7. The molecule has 90 valence electrons. The van der Waals surface area contributed by atoms with E-state index in [0.29, 0.717) is 12.5 Å². The Hall–Kier alpha value is -0.570. The topological polar surface area (TPSA) is 38.3 Å². The van der Waals surface area contributed by atoms with Crippen LogP contribution in [0.4, 0.5) is 0 Å². The maximum Gasteiger partial charge on any atom is 0.323 e. The van der Waals surface area contributed by atoms with Crippen LogP contribution in [0.1, 0.15) is 41.5 Å². The van der Waals surface area contributed by atoms with Crippen LogP contribution in [0, 0.1) is 11.3 Å². The number of hydrogen-bond acceptors (Lipinski definition) is 3. The van der Waals surface area contributed by atoms with Gasteiger partial charge in [0.25, 0.3) is 0 Å². The third kappa shape index (κ3) is 5.78. The minimum absolute atomic E-state index is 0.110. The zero-order chi connectivity index (χ0) is 12.1. The van der Waals surface area contributed by atoms with Gasteiger partial charge in [0.2, 0.25) is 0 Å². The number of ether oxygens (including phenoxy) is 1. The molecule has 3 heteroatoms. The summed E-state index contributed by atoms with van der Waals surface area (Å²) in [6, 6.07) is -0.222. The summed E-state index contributed by atoms with van der Waals surface area (Å²) < 4.78 is 5.06. The highest BCUT2D eigenvalue weighted by Crippen LogP contribution is 2.20. The quantitative estimate of drug-likeness (QED) is 0.715. The number of hydrogen-bond donors (Lipinski definition) is 1. The Bertz CT molecular complexity index is 194. The van der Waals surface area contributed by atoms with Crippen molar-refractivity contribution < 1.29 is 9.53 Å². The summed E-state index contributed by atoms with van der Waals surface area (Å²) in [5.74, 6) is 0.384. The lowest BCUT2D eigenvalue weighted by atomic mass is 9.86. The van der Waals surface area contributed by atoms with E-state index in [1.54, 1.807) is 0 Å². The Labute approximate surface area is 93.6 Å². The minimum atomic E-state index is -0.222. The largest absolute Gasteiger partial charge is 0.465 e. The molecule has 0 heterocycles. The molecule has 0 spiro atoms. The molecule has 0 fully saturated rings. The van der Waals surface area contributed by atoms with Crippen LogP contribution >= 0.6 is 0 Å². The summed E-state index contributed by atoms with van der Waals surface area (Å²) in [5.41, 5.74) is -0.110. The average Bonchev–Trinajstić information content (AvgIpc) is 2.01. The maximum atomic E-state index is 11.7. The van der Waals surface area contributed by atoms with Crippen LogP contribution in [0.5, 0.6) is 0 Å². The molecule has 1 atom stereocenters. The molecular weight excluding hydrogens is 190 g/mol. The first-order valence-corrected chi connectivity index (χ1v) is 5.69. The van der Waals surface area contributed by atoms with Gasteiger partial charge < -0.3 is 10.1 Å². The van der Waals surface area contributed by atoms with Gasteiger partial charge in [-0.15, -0.1) is 0 Å². The van der Waals surface area contributed by atoms with E-state index < -0.39 is 0 Å². The SMILES string of the molecule is CCOC(=O)C(NCC(C)C)C(C)(C)C. The normalized spacial score (nSPS) is 14.1. The Morgan fingerprint density at radius 3 is 2.20 bits per heavy atom. The van der Waals surface area contributed by atoms with Crippen molar-refractivity contribution in [3.63, 3.8) is 0 Å². The molecule has 1 unspecified atom stereocenters. The first-order valence-electron chi connectivity index (χ1n) is 5.69. The van der Waals surface area contributed by atoms with Gasteiger partial charge in [-0.25, -0.2) is 0 Å². The van der Waals surface area contributed by atoms with Crippen molar-refractivity contribution in [2.45, 2.75) is 47.6 Å². The molecule has 0 rings (SSSR count). The molecule has 0 saturated heterocycles. The molecule has 0 radical (unpaired) electrons. The fourth-order valence-electron chi connectivity index (χ4n) is 1.32. The minimum Gasteiger partial charge on any atom is -0.465 e. The van der Waals surface area contributed by atoms with Crippen LogP contribution in [-0.2, 0) is 9.53 Å². The van der Waals surface area contributed by atoms with Gasteiger partial charge in [0.1, 0.15) is 6.04 Å². The van der Waals surface area contributed by atoms with Crippen LogP contribution in [0.2, 0.25) is 0 Å². The van der Waals surface area contributed by atoms with Gasteiger partial charge in [-0.2, -0.15) is 0 Å². The van der Waals surface area contributed by atoms with E-state index in [2.05, 4.69) is 19.2 Å². The van der Waals surface area contributed by atoms with Crippen molar-refractivity contribution >= 4 is 5.97 Å². The third-order valence-corrected chi connectivity index (χ3v) is 2.12. The molecule has 0 bridgehead atoms. The fourth-order valence-corrected chi connectivity index (χ4v) is 1.32. The van der Waals surface area contributed by atoms with Gasteiger partial charge in [-0.3, -0.25) is 4.79 Å². The third-order valence-electron chi connectivity index (χ3n) is 2.12. The van der Waals surface area contributed by atoms with Crippen molar-refractivity contribution in [1.82, 2.24) is 5.32 Å². The predicted molar refractivity (Wildman–Crippen MR) is 62.7 cm³/mol. The van der Waals surface area contributed by atoms with Crippen molar-refractivity contribution in [2.75, 3.05) is 13.2 Å². The molecule has 0 aromatic carbocycles. The smallest absolute Gasteiger partial charge is 0.323 e. The molecule has 0 aliphatic rings. The van der Waals surface area contributed by atoms with Gasteiger partial charge in [-0.1, -0.05) is 34.6 Å². The van der Waals surface area contributed by atoms with Crippen LogP contribution < -0.4 is 5.32 Å². The van der Waals surface area contributed by atoms with E-state index in [-0.39, 0.29) is 17.4 Å². The number of carbonyl (C=O) groups is 1. The Kier molecular flexibility index (Phi) is 5.88. The van der Waals surface area contributed by atoms with E-state index in [4.69, 9.17) is 4.74 Å². The standard InChI is InChI=1S/C12H25NO2/c1-7-15-11(14)10(12(4,5)6)13-8-9(2)3/h9-10,13H,7-8H2,1-6H3. The number of rotatable bonds is 5. The van der Waals surface area contributed by atoms with Crippen molar-refractivity contribution in [2.24, 2.45) is 11.3 Å². The van der Waals surface area contributed by atoms with Crippen LogP contribution in [0.3, 0.4) is 0 Å². The Morgan fingerprint density at radius 1 is 1.33 bits per heavy atom. The number of carbonyl (C=O) groups excluding carboxylic acids is 1. The highest BCUT2D eigenvalue weighted by atomic mass is 16.5. The van der Waals surface area contributed by atoms with Crippen molar-refractivity contribution in [1.29, 1.82) is 0 Å². The van der Waals surface area contributed by atoms with E-state index in [0.717, 1.165) is 6.54 Å². The summed E-state index contributed by atoms with van der Waals surface area (Å²) in [7, 11) is 0. The van der Waals surface area contributed by atoms with E-state index in [9.17, 15) is 4.79 Å². The number of esters is 1. The second kappa shape index (κ2) is 6.11. The highest BCUT2D eigenvalue weighted by Gasteiger charge is 2.31. The molecule has 1 N–H and O–H groups in total. The lowest BCUT2D eigenvalue weighted by Gasteiger charge is -2.30. The van der Waals surface area contributed by atoms with Gasteiger partial charge >= 0.3 is 5.97 Å². The number of nitrogens with one attached hydrogen (secondary N) is 1. The summed E-state index contributed by atoms with van der Waals surface area (Å²) >= 11 is 0. The fraction of sp³-hybridized carbons (Fsp3) is 0.917. The Morgan fingerprint density at radius 2 is 1.87 bits per heavy atom. The summed E-state index contributed by atoms with van der Waals surface area (Å²) in [5, 5.41) is 3.27. The van der Waals surface area contributed by atoms with E-state index in [1.807, 2.05) is 27.7 Å². The second-order valence-electron chi connectivity index (χ2n) is 5.35. The zero-order valence-electron chi connectivity index (χ0n) is 10.9. The first kappa shape index (κ1) is 14.4. The molecule has 0 aromatic rings. The lowest BCUT2D eigenvalue weighted by Crippen LogP contribution is -2.48. The molecule has 0 aliphatic heterocycles. The molecular formula is C12H25NO2. The maximum absolute atomic E-state index is 11.7. The van der Waals surface area contributed by atoms with Gasteiger partial charge in [0.05, 0.1) is 6.61 Å². The van der Waals surface area contributed by atoms with E-state index in [1.165, 1.54) is 0 Å². The molecule has 0 aromatic heterocycles. The first-order chi connectivity index (χ1) is 6.79. The molecule has 15 heavy (non-hydrogen) atoms. The van der Waals surface area contributed by atoms with Crippen molar-refractivity contribution in [3.8, 4) is 0 Å². The molecule has 0 saturated carbocycles. The van der Waals surface area contributed by atoms with Crippen molar-refractivity contribution in [3.05, 3.63) is 0 Å². The molecule has 0 amide bonds. The van der Waals surface area contributed by atoms with Gasteiger partial charge in [0, 0.05) is 0 Å².